The minimum atomic E-state index is 0.521. The van der Waals surface area contributed by atoms with Gasteiger partial charge in [0.15, 0.2) is 0 Å². The molecule has 2 heteroatoms. The SMILES string of the molecule is CCCC1CCC(C(NN)C(C)C)CC1. The van der Waals surface area contributed by atoms with Crippen molar-refractivity contribution < 1.29 is 0 Å². The summed E-state index contributed by atoms with van der Waals surface area (Å²) in [6, 6.07) is 0.521. The zero-order valence-corrected chi connectivity index (χ0v) is 10.6. The van der Waals surface area contributed by atoms with Crippen LogP contribution >= 0.6 is 0 Å². The highest BCUT2D eigenvalue weighted by atomic mass is 15.2. The van der Waals surface area contributed by atoms with Gasteiger partial charge in [0, 0.05) is 6.04 Å². The van der Waals surface area contributed by atoms with E-state index in [0.717, 1.165) is 11.8 Å². The standard InChI is InChI=1S/C13H28N2/c1-4-5-11-6-8-12(9-7-11)13(15-14)10(2)3/h10-13,15H,4-9,14H2,1-3H3. The van der Waals surface area contributed by atoms with Crippen molar-refractivity contribution in [3.63, 3.8) is 0 Å². The van der Waals surface area contributed by atoms with E-state index in [2.05, 4.69) is 26.2 Å². The Balaban J connectivity index is 2.35. The maximum atomic E-state index is 5.65. The third-order valence-corrected chi connectivity index (χ3v) is 4.01. The van der Waals surface area contributed by atoms with Crippen LogP contribution in [0.3, 0.4) is 0 Å². The summed E-state index contributed by atoms with van der Waals surface area (Å²) >= 11 is 0. The lowest BCUT2D eigenvalue weighted by atomic mass is 9.75. The molecule has 0 spiro atoms. The van der Waals surface area contributed by atoms with Gasteiger partial charge in [0.2, 0.25) is 0 Å². The predicted molar refractivity (Wildman–Crippen MR) is 66.3 cm³/mol. The molecule has 1 unspecified atom stereocenters. The summed E-state index contributed by atoms with van der Waals surface area (Å²) in [5, 5.41) is 0. The molecular formula is C13H28N2. The number of hydrogen-bond acceptors (Lipinski definition) is 2. The zero-order valence-electron chi connectivity index (χ0n) is 10.6. The second-order valence-corrected chi connectivity index (χ2v) is 5.51. The number of nitrogens with two attached hydrogens (primary N) is 1. The maximum absolute atomic E-state index is 5.65. The predicted octanol–water partition coefficient (Wildman–Crippen LogP) is 3.08. The van der Waals surface area contributed by atoms with Gasteiger partial charge >= 0.3 is 0 Å². The average Bonchev–Trinajstić information content (AvgIpc) is 2.21. The summed E-state index contributed by atoms with van der Waals surface area (Å²) in [6.07, 6.45) is 8.36. The third kappa shape index (κ3) is 3.76. The van der Waals surface area contributed by atoms with Crippen LogP contribution in [0.4, 0.5) is 0 Å². The van der Waals surface area contributed by atoms with Gasteiger partial charge in [-0.05, 0) is 30.6 Å². The molecular weight excluding hydrogens is 184 g/mol. The Morgan fingerprint density at radius 2 is 1.80 bits per heavy atom. The molecule has 1 rings (SSSR count). The van der Waals surface area contributed by atoms with Crippen LogP contribution in [0, 0.1) is 17.8 Å². The van der Waals surface area contributed by atoms with E-state index in [1.807, 2.05) is 0 Å². The van der Waals surface area contributed by atoms with E-state index in [9.17, 15) is 0 Å². The van der Waals surface area contributed by atoms with Gasteiger partial charge in [-0.15, -0.1) is 0 Å². The van der Waals surface area contributed by atoms with Gasteiger partial charge in [-0.1, -0.05) is 46.5 Å². The monoisotopic (exact) mass is 212 g/mol. The van der Waals surface area contributed by atoms with E-state index in [1.54, 1.807) is 0 Å². The van der Waals surface area contributed by atoms with Gasteiger partial charge < -0.3 is 0 Å². The summed E-state index contributed by atoms with van der Waals surface area (Å²) in [6.45, 7) is 6.83. The highest BCUT2D eigenvalue weighted by molar-refractivity contribution is 4.82. The van der Waals surface area contributed by atoms with Crippen LogP contribution in [0.5, 0.6) is 0 Å². The summed E-state index contributed by atoms with van der Waals surface area (Å²) in [7, 11) is 0. The topological polar surface area (TPSA) is 38.0 Å². The number of nitrogens with one attached hydrogen (secondary N) is 1. The van der Waals surface area contributed by atoms with Crippen LogP contribution in [0.25, 0.3) is 0 Å². The van der Waals surface area contributed by atoms with Gasteiger partial charge in [0.1, 0.15) is 0 Å². The van der Waals surface area contributed by atoms with Crippen molar-refractivity contribution in [2.45, 2.75) is 65.3 Å². The van der Waals surface area contributed by atoms with E-state index in [1.165, 1.54) is 38.5 Å². The molecule has 1 saturated carbocycles. The van der Waals surface area contributed by atoms with Gasteiger partial charge in [0.05, 0.1) is 0 Å². The van der Waals surface area contributed by atoms with Crippen molar-refractivity contribution in [1.82, 2.24) is 5.43 Å². The number of hydrogen-bond donors (Lipinski definition) is 2. The van der Waals surface area contributed by atoms with Gasteiger partial charge in [-0.2, -0.15) is 0 Å². The van der Waals surface area contributed by atoms with E-state index in [0.29, 0.717) is 12.0 Å². The van der Waals surface area contributed by atoms with Crippen LogP contribution in [0.15, 0.2) is 0 Å². The van der Waals surface area contributed by atoms with Crippen molar-refractivity contribution in [2.24, 2.45) is 23.6 Å². The molecule has 0 aliphatic heterocycles. The average molecular weight is 212 g/mol. The summed E-state index contributed by atoms with van der Waals surface area (Å²) in [4.78, 5) is 0. The molecule has 90 valence electrons. The van der Waals surface area contributed by atoms with Crippen LogP contribution in [-0.2, 0) is 0 Å². The first kappa shape index (κ1) is 13.0. The second kappa shape index (κ2) is 6.49. The van der Waals surface area contributed by atoms with Crippen LogP contribution in [0.2, 0.25) is 0 Å². The van der Waals surface area contributed by atoms with Gasteiger partial charge in [-0.25, -0.2) is 0 Å². The lowest BCUT2D eigenvalue weighted by molar-refractivity contribution is 0.185. The van der Waals surface area contributed by atoms with Crippen molar-refractivity contribution in [2.75, 3.05) is 0 Å². The zero-order chi connectivity index (χ0) is 11.3. The summed E-state index contributed by atoms with van der Waals surface area (Å²) in [5.74, 6) is 8.11. The highest BCUT2D eigenvalue weighted by Gasteiger charge is 2.28. The molecule has 0 saturated heterocycles. The smallest absolute Gasteiger partial charge is 0.0261 e. The molecule has 0 amide bonds. The molecule has 3 N–H and O–H groups in total. The molecule has 1 aliphatic rings. The fourth-order valence-electron chi connectivity index (χ4n) is 3.12. The fourth-order valence-corrected chi connectivity index (χ4v) is 3.12. The Bertz CT molecular complexity index is 160. The molecule has 15 heavy (non-hydrogen) atoms. The Morgan fingerprint density at radius 3 is 2.20 bits per heavy atom. The fraction of sp³-hybridized carbons (Fsp3) is 1.00. The first-order valence-electron chi connectivity index (χ1n) is 6.65. The van der Waals surface area contributed by atoms with E-state index >= 15 is 0 Å². The minimum absolute atomic E-state index is 0.521. The van der Waals surface area contributed by atoms with Crippen molar-refractivity contribution in [3.8, 4) is 0 Å². The van der Waals surface area contributed by atoms with Gasteiger partial charge in [-0.3, -0.25) is 11.3 Å². The Hall–Kier alpha value is -0.0800. The lowest BCUT2D eigenvalue weighted by Crippen LogP contribution is -2.45. The number of hydrazine groups is 1. The molecule has 2 nitrogen and oxygen atoms in total. The largest absolute Gasteiger partial charge is 0.271 e. The van der Waals surface area contributed by atoms with E-state index in [4.69, 9.17) is 5.84 Å². The van der Waals surface area contributed by atoms with Gasteiger partial charge in [0.25, 0.3) is 0 Å². The molecule has 1 aliphatic carbocycles. The highest BCUT2D eigenvalue weighted by Crippen LogP contribution is 2.34. The van der Waals surface area contributed by atoms with Crippen molar-refractivity contribution in [3.05, 3.63) is 0 Å². The first-order valence-corrected chi connectivity index (χ1v) is 6.65. The quantitative estimate of drug-likeness (QED) is 0.543. The summed E-state index contributed by atoms with van der Waals surface area (Å²) < 4.78 is 0. The van der Waals surface area contributed by atoms with Crippen LogP contribution < -0.4 is 11.3 Å². The molecule has 0 aromatic rings. The molecule has 0 radical (unpaired) electrons. The second-order valence-electron chi connectivity index (χ2n) is 5.51. The third-order valence-electron chi connectivity index (χ3n) is 4.01. The molecule has 0 bridgehead atoms. The van der Waals surface area contributed by atoms with Crippen LogP contribution in [-0.4, -0.2) is 6.04 Å². The normalized spacial score (nSPS) is 29.4. The van der Waals surface area contributed by atoms with Crippen molar-refractivity contribution in [1.29, 1.82) is 0 Å². The lowest BCUT2D eigenvalue weighted by Gasteiger charge is -2.35. The Morgan fingerprint density at radius 1 is 1.20 bits per heavy atom. The van der Waals surface area contributed by atoms with E-state index in [-0.39, 0.29) is 0 Å². The number of rotatable bonds is 5. The Labute approximate surface area is 95.0 Å². The first-order chi connectivity index (χ1) is 7.19. The molecule has 1 fully saturated rings. The van der Waals surface area contributed by atoms with E-state index < -0.39 is 0 Å². The Kier molecular flexibility index (Phi) is 5.62. The molecule has 0 aromatic heterocycles. The maximum Gasteiger partial charge on any atom is 0.0261 e. The summed E-state index contributed by atoms with van der Waals surface area (Å²) in [5.41, 5.74) is 3.02. The molecule has 0 heterocycles. The minimum Gasteiger partial charge on any atom is -0.271 e. The van der Waals surface area contributed by atoms with Crippen molar-refractivity contribution >= 4 is 0 Å². The molecule has 1 atom stereocenters. The van der Waals surface area contributed by atoms with Crippen LogP contribution in [0.1, 0.15) is 59.3 Å². The molecule has 0 aromatic carbocycles.